The maximum absolute atomic E-state index is 12.1. The van der Waals surface area contributed by atoms with E-state index in [1.165, 1.54) is 0 Å². The van der Waals surface area contributed by atoms with Gasteiger partial charge in [0.15, 0.2) is 0 Å². The molecule has 1 N–H and O–H groups in total. The number of carbonyl (C=O) groups excluding carboxylic acids is 1. The van der Waals surface area contributed by atoms with Crippen LogP contribution in [0.3, 0.4) is 0 Å². The van der Waals surface area contributed by atoms with Gasteiger partial charge in [-0.15, -0.1) is 0 Å². The molecular weight excluding hydrogens is 264 g/mol. The molecule has 0 spiro atoms. The summed E-state index contributed by atoms with van der Waals surface area (Å²) < 4.78 is 1.90. The molecule has 1 amide bonds. The number of aromatic nitrogens is 2. The lowest BCUT2D eigenvalue weighted by atomic mass is 10.2. The Morgan fingerprint density at radius 3 is 2.84 bits per heavy atom. The fourth-order valence-electron chi connectivity index (χ4n) is 2.39. The van der Waals surface area contributed by atoms with Gasteiger partial charge in [0.2, 0.25) is 5.91 Å². The van der Waals surface area contributed by atoms with Crippen LogP contribution in [0.25, 0.3) is 0 Å². The van der Waals surface area contributed by atoms with Crippen LogP contribution in [0.5, 0.6) is 0 Å². The first-order chi connectivity index (χ1) is 9.08. The SMILES string of the molecule is CCc1nn(CC)c(CN2CCNC(C)C2=O)c1Cl. The van der Waals surface area contributed by atoms with E-state index in [2.05, 4.69) is 10.4 Å². The number of piperazine rings is 1. The molecule has 0 aliphatic carbocycles. The minimum absolute atomic E-state index is 0.115. The van der Waals surface area contributed by atoms with Gasteiger partial charge in [-0.1, -0.05) is 18.5 Å². The van der Waals surface area contributed by atoms with Gasteiger partial charge in [-0.3, -0.25) is 9.48 Å². The van der Waals surface area contributed by atoms with Crippen molar-refractivity contribution in [3.05, 3.63) is 16.4 Å². The van der Waals surface area contributed by atoms with Crippen LogP contribution in [-0.4, -0.2) is 39.7 Å². The molecule has 106 valence electrons. The molecule has 0 saturated carbocycles. The van der Waals surface area contributed by atoms with E-state index < -0.39 is 0 Å². The van der Waals surface area contributed by atoms with E-state index in [-0.39, 0.29) is 11.9 Å². The van der Waals surface area contributed by atoms with Gasteiger partial charge in [-0.05, 0) is 20.3 Å². The highest BCUT2D eigenvalue weighted by Crippen LogP contribution is 2.23. The Hall–Kier alpha value is -1.07. The van der Waals surface area contributed by atoms with E-state index in [0.29, 0.717) is 11.6 Å². The van der Waals surface area contributed by atoms with Crippen LogP contribution < -0.4 is 5.32 Å². The number of nitrogens with zero attached hydrogens (tertiary/aromatic N) is 3. The van der Waals surface area contributed by atoms with E-state index >= 15 is 0 Å². The Morgan fingerprint density at radius 1 is 1.47 bits per heavy atom. The van der Waals surface area contributed by atoms with E-state index in [4.69, 9.17) is 11.6 Å². The Balaban J connectivity index is 2.22. The molecule has 1 aliphatic rings. The third kappa shape index (κ3) is 2.77. The molecule has 1 aromatic rings. The van der Waals surface area contributed by atoms with Crippen LogP contribution >= 0.6 is 11.6 Å². The smallest absolute Gasteiger partial charge is 0.239 e. The highest BCUT2D eigenvalue weighted by atomic mass is 35.5. The van der Waals surface area contributed by atoms with Gasteiger partial charge in [0.05, 0.1) is 29.0 Å². The number of rotatable bonds is 4. The van der Waals surface area contributed by atoms with Gasteiger partial charge in [0.25, 0.3) is 0 Å². The average Bonchev–Trinajstić information content (AvgIpc) is 2.71. The molecule has 1 aliphatic heterocycles. The number of halogens is 1. The Bertz CT molecular complexity index is 471. The molecule has 0 bridgehead atoms. The summed E-state index contributed by atoms with van der Waals surface area (Å²) >= 11 is 6.37. The molecule has 1 atom stereocenters. The van der Waals surface area contributed by atoms with Crippen molar-refractivity contribution in [2.75, 3.05) is 13.1 Å². The molecule has 2 rings (SSSR count). The van der Waals surface area contributed by atoms with Crippen molar-refractivity contribution in [3.63, 3.8) is 0 Å². The van der Waals surface area contributed by atoms with E-state index in [1.807, 2.05) is 30.4 Å². The molecular formula is C13H21ClN4O. The van der Waals surface area contributed by atoms with Crippen LogP contribution in [-0.2, 0) is 24.3 Å². The molecule has 2 heterocycles. The Kier molecular flexibility index (Phi) is 4.47. The molecule has 1 saturated heterocycles. The van der Waals surface area contributed by atoms with Gasteiger partial charge < -0.3 is 10.2 Å². The lowest BCUT2D eigenvalue weighted by Crippen LogP contribution is -2.53. The van der Waals surface area contributed by atoms with Crippen molar-refractivity contribution in [2.24, 2.45) is 0 Å². The predicted molar refractivity (Wildman–Crippen MR) is 75.2 cm³/mol. The number of nitrogens with one attached hydrogen (secondary N) is 1. The minimum Gasteiger partial charge on any atom is -0.334 e. The van der Waals surface area contributed by atoms with Gasteiger partial charge in [-0.25, -0.2) is 0 Å². The summed E-state index contributed by atoms with van der Waals surface area (Å²) in [6.07, 6.45) is 0.810. The predicted octanol–water partition coefficient (Wildman–Crippen LogP) is 1.44. The van der Waals surface area contributed by atoms with Gasteiger partial charge in [0.1, 0.15) is 0 Å². The summed E-state index contributed by atoms with van der Waals surface area (Å²) in [5.74, 6) is 0.129. The zero-order chi connectivity index (χ0) is 14.0. The van der Waals surface area contributed by atoms with Crippen molar-refractivity contribution < 1.29 is 4.79 Å². The molecule has 19 heavy (non-hydrogen) atoms. The zero-order valence-corrected chi connectivity index (χ0v) is 12.5. The maximum Gasteiger partial charge on any atom is 0.239 e. The second-order valence-corrected chi connectivity index (χ2v) is 5.19. The summed E-state index contributed by atoms with van der Waals surface area (Å²) in [7, 11) is 0. The highest BCUT2D eigenvalue weighted by molar-refractivity contribution is 6.31. The first-order valence-corrected chi connectivity index (χ1v) is 7.22. The summed E-state index contributed by atoms with van der Waals surface area (Å²) in [5.41, 5.74) is 1.86. The second kappa shape index (κ2) is 5.92. The largest absolute Gasteiger partial charge is 0.334 e. The van der Waals surface area contributed by atoms with Crippen molar-refractivity contribution in [2.45, 2.75) is 46.3 Å². The third-order valence-electron chi connectivity index (χ3n) is 3.55. The first-order valence-electron chi connectivity index (χ1n) is 6.84. The normalized spacial score (nSPS) is 20.1. The van der Waals surface area contributed by atoms with Crippen molar-refractivity contribution in [1.82, 2.24) is 20.0 Å². The minimum atomic E-state index is -0.115. The molecule has 0 aromatic carbocycles. The molecule has 0 radical (unpaired) electrons. The number of amides is 1. The fourth-order valence-corrected chi connectivity index (χ4v) is 2.72. The van der Waals surface area contributed by atoms with E-state index in [0.717, 1.165) is 37.4 Å². The molecule has 1 aromatic heterocycles. The standard InChI is InChI=1S/C13H21ClN4O/c1-4-10-12(14)11(18(5-2)16-10)8-17-7-6-15-9(3)13(17)19/h9,15H,4-8H2,1-3H3. The number of aryl methyl sites for hydroxylation is 2. The third-order valence-corrected chi connectivity index (χ3v) is 3.99. The van der Waals surface area contributed by atoms with E-state index in [9.17, 15) is 4.79 Å². The van der Waals surface area contributed by atoms with Crippen molar-refractivity contribution in [1.29, 1.82) is 0 Å². The maximum atomic E-state index is 12.1. The molecule has 1 fully saturated rings. The Morgan fingerprint density at radius 2 is 2.21 bits per heavy atom. The van der Waals surface area contributed by atoms with Crippen LogP contribution in [0.1, 0.15) is 32.2 Å². The highest BCUT2D eigenvalue weighted by Gasteiger charge is 2.27. The number of hydrogen-bond acceptors (Lipinski definition) is 3. The van der Waals surface area contributed by atoms with Crippen LogP contribution in [0.4, 0.5) is 0 Å². The zero-order valence-electron chi connectivity index (χ0n) is 11.7. The monoisotopic (exact) mass is 284 g/mol. The topological polar surface area (TPSA) is 50.2 Å². The summed E-state index contributed by atoms with van der Waals surface area (Å²) in [6.45, 7) is 8.83. The average molecular weight is 285 g/mol. The molecule has 1 unspecified atom stereocenters. The molecule has 5 nitrogen and oxygen atoms in total. The summed E-state index contributed by atoms with van der Waals surface area (Å²) in [4.78, 5) is 14.0. The lowest BCUT2D eigenvalue weighted by Gasteiger charge is -2.31. The fraction of sp³-hybridized carbons (Fsp3) is 0.692. The van der Waals surface area contributed by atoms with Crippen LogP contribution in [0.15, 0.2) is 0 Å². The van der Waals surface area contributed by atoms with Crippen LogP contribution in [0.2, 0.25) is 5.02 Å². The van der Waals surface area contributed by atoms with E-state index in [1.54, 1.807) is 0 Å². The molecule has 6 heteroatoms. The Labute approximate surface area is 118 Å². The van der Waals surface area contributed by atoms with Crippen molar-refractivity contribution >= 4 is 17.5 Å². The number of carbonyl (C=O) groups is 1. The summed E-state index contributed by atoms with van der Waals surface area (Å²) in [6, 6.07) is -0.115. The van der Waals surface area contributed by atoms with Crippen molar-refractivity contribution in [3.8, 4) is 0 Å². The van der Waals surface area contributed by atoms with Gasteiger partial charge >= 0.3 is 0 Å². The first kappa shape index (κ1) is 14.3. The van der Waals surface area contributed by atoms with Gasteiger partial charge in [0, 0.05) is 19.6 Å². The van der Waals surface area contributed by atoms with Crippen LogP contribution in [0, 0.1) is 0 Å². The quantitative estimate of drug-likeness (QED) is 0.910. The number of hydrogen-bond donors (Lipinski definition) is 1. The summed E-state index contributed by atoms with van der Waals surface area (Å²) in [5, 5.41) is 8.36. The lowest BCUT2D eigenvalue weighted by molar-refractivity contribution is -0.135. The van der Waals surface area contributed by atoms with Gasteiger partial charge in [-0.2, -0.15) is 5.10 Å². The second-order valence-electron chi connectivity index (χ2n) is 4.81.